The fourth-order valence-corrected chi connectivity index (χ4v) is 3.50. The zero-order valence-electron chi connectivity index (χ0n) is 13.8. The largest absolute Gasteiger partial charge is 0.496 e. The molecule has 1 aliphatic heterocycles. The summed E-state index contributed by atoms with van der Waals surface area (Å²) in [5, 5.41) is 9.57. The van der Waals surface area contributed by atoms with Gasteiger partial charge in [-0.05, 0) is 40.7 Å². The zero-order valence-corrected chi connectivity index (χ0v) is 14.6. The number of hydrogen-bond donors (Lipinski definition) is 2. The van der Waals surface area contributed by atoms with E-state index in [0.717, 1.165) is 28.0 Å². The molecular weight excluding hydrogens is 328 g/mol. The molecule has 3 nitrogen and oxygen atoms in total. The minimum atomic E-state index is -0.0648. The number of hydrogen-bond acceptors (Lipinski definition) is 2. The average Bonchev–Trinajstić information content (AvgIpc) is 2.67. The van der Waals surface area contributed by atoms with E-state index >= 15 is 0 Å². The van der Waals surface area contributed by atoms with Gasteiger partial charge in [0.1, 0.15) is 5.75 Å². The van der Waals surface area contributed by atoms with Gasteiger partial charge in [0.05, 0.1) is 13.2 Å². The lowest BCUT2D eigenvalue weighted by molar-refractivity contribution is 0.408. The molecule has 25 heavy (non-hydrogen) atoms. The van der Waals surface area contributed by atoms with E-state index in [-0.39, 0.29) is 6.04 Å². The Hall–Kier alpha value is -2.85. The second-order valence-corrected chi connectivity index (χ2v) is 6.33. The van der Waals surface area contributed by atoms with Crippen molar-refractivity contribution in [3.8, 4) is 5.75 Å². The number of methoxy groups -OCH3 is 1. The highest BCUT2D eigenvalue weighted by molar-refractivity contribution is 7.80. The molecule has 0 aromatic heterocycles. The highest BCUT2D eigenvalue weighted by atomic mass is 32.1. The van der Waals surface area contributed by atoms with Crippen molar-refractivity contribution in [1.29, 1.82) is 0 Å². The summed E-state index contributed by atoms with van der Waals surface area (Å²) in [5.74, 6) is 0.851. The third kappa shape index (κ3) is 2.96. The maximum Gasteiger partial charge on any atom is 0.171 e. The number of thiocarbonyl (C=S) groups is 1. The van der Waals surface area contributed by atoms with Crippen molar-refractivity contribution in [2.75, 3.05) is 7.11 Å². The minimum absolute atomic E-state index is 0.0648. The van der Waals surface area contributed by atoms with E-state index in [4.69, 9.17) is 17.0 Å². The van der Waals surface area contributed by atoms with E-state index in [2.05, 4.69) is 47.0 Å². The summed E-state index contributed by atoms with van der Waals surface area (Å²) >= 11 is 5.46. The molecule has 3 aromatic carbocycles. The van der Waals surface area contributed by atoms with Gasteiger partial charge in [0, 0.05) is 11.3 Å². The van der Waals surface area contributed by atoms with Crippen LogP contribution in [0.1, 0.15) is 17.2 Å². The van der Waals surface area contributed by atoms with Crippen LogP contribution in [0.15, 0.2) is 72.8 Å². The molecule has 0 amide bonds. The van der Waals surface area contributed by atoms with Crippen LogP contribution in [0.4, 0.5) is 0 Å². The highest BCUT2D eigenvalue weighted by Crippen LogP contribution is 2.35. The Balaban J connectivity index is 1.89. The Labute approximate surface area is 152 Å². The van der Waals surface area contributed by atoms with Crippen molar-refractivity contribution in [1.82, 2.24) is 10.6 Å². The minimum Gasteiger partial charge on any atom is -0.496 e. The second-order valence-electron chi connectivity index (χ2n) is 5.93. The lowest BCUT2D eigenvalue weighted by Gasteiger charge is -2.28. The molecule has 1 heterocycles. The van der Waals surface area contributed by atoms with E-state index in [1.54, 1.807) is 7.11 Å². The van der Waals surface area contributed by atoms with Crippen molar-refractivity contribution < 1.29 is 4.74 Å². The molecule has 124 valence electrons. The van der Waals surface area contributed by atoms with Crippen molar-refractivity contribution in [2.45, 2.75) is 6.04 Å². The Morgan fingerprint density at radius 3 is 2.48 bits per heavy atom. The SMILES string of the molecule is COc1ccc2ccccc2c1C1C=C(c2ccccc2)NC(=S)N1. The first-order valence-electron chi connectivity index (χ1n) is 8.16. The van der Waals surface area contributed by atoms with Gasteiger partial charge in [-0.25, -0.2) is 0 Å². The van der Waals surface area contributed by atoms with Gasteiger partial charge < -0.3 is 15.4 Å². The molecule has 1 atom stereocenters. The smallest absolute Gasteiger partial charge is 0.171 e. The molecular formula is C21H18N2OS. The molecule has 0 saturated carbocycles. The van der Waals surface area contributed by atoms with Crippen molar-refractivity contribution >= 4 is 33.8 Å². The summed E-state index contributed by atoms with van der Waals surface area (Å²) in [6.45, 7) is 0. The van der Waals surface area contributed by atoms with Gasteiger partial charge >= 0.3 is 0 Å². The van der Waals surface area contributed by atoms with E-state index in [1.165, 1.54) is 5.39 Å². The number of rotatable bonds is 3. The van der Waals surface area contributed by atoms with E-state index < -0.39 is 0 Å². The number of ether oxygens (including phenoxy) is 1. The molecule has 1 aliphatic rings. The Kier molecular flexibility index (Phi) is 4.12. The first-order valence-corrected chi connectivity index (χ1v) is 8.57. The summed E-state index contributed by atoms with van der Waals surface area (Å²) in [6, 6.07) is 22.6. The number of fused-ring (bicyclic) bond motifs is 1. The van der Waals surface area contributed by atoms with E-state index in [9.17, 15) is 0 Å². The normalized spacial score (nSPS) is 16.8. The maximum atomic E-state index is 5.65. The van der Waals surface area contributed by atoms with Gasteiger partial charge in [-0.1, -0.05) is 60.7 Å². The van der Waals surface area contributed by atoms with Crippen LogP contribution in [-0.2, 0) is 0 Å². The van der Waals surface area contributed by atoms with Crippen LogP contribution in [0.25, 0.3) is 16.5 Å². The summed E-state index contributed by atoms with van der Waals surface area (Å²) in [5.41, 5.74) is 3.21. The molecule has 2 N–H and O–H groups in total. The predicted octanol–water partition coefficient (Wildman–Crippen LogP) is 4.41. The van der Waals surface area contributed by atoms with E-state index in [1.807, 2.05) is 36.4 Å². The van der Waals surface area contributed by atoms with Gasteiger partial charge in [0.15, 0.2) is 5.11 Å². The lowest BCUT2D eigenvalue weighted by atomic mass is 9.95. The summed E-state index contributed by atoms with van der Waals surface area (Å²) < 4.78 is 5.65. The van der Waals surface area contributed by atoms with Crippen LogP contribution >= 0.6 is 12.2 Å². The predicted molar refractivity (Wildman–Crippen MR) is 107 cm³/mol. The van der Waals surface area contributed by atoms with Crippen molar-refractivity contribution in [3.63, 3.8) is 0 Å². The summed E-state index contributed by atoms with van der Waals surface area (Å²) in [4.78, 5) is 0. The van der Waals surface area contributed by atoms with Crippen LogP contribution < -0.4 is 15.4 Å². The third-order valence-electron chi connectivity index (χ3n) is 4.41. The van der Waals surface area contributed by atoms with Gasteiger partial charge in [-0.15, -0.1) is 0 Å². The standard InChI is InChI=1S/C21H18N2OS/c1-24-19-12-11-14-7-5-6-10-16(14)20(19)18-13-17(22-21(25)23-18)15-8-3-2-4-9-15/h2-13,18H,1H3,(H2,22,23,25). The first-order chi connectivity index (χ1) is 12.3. The molecule has 0 spiro atoms. The van der Waals surface area contributed by atoms with Crippen LogP contribution in [0.5, 0.6) is 5.75 Å². The fourth-order valence-electron chi connectivity index (χ4n) is 3.27. The lowest BCUT2D eigenvalue weighted by Crippen LogP contribution is -2.40. The molecule has 3 aromatic rings. The van der Waals surface area contributed by atoms with Crippen molar-refractivity contribution in [3.05, 3.63) is 83.9 Å². The maximum absolute atomic E-state index is 5.65. The van der Waals surface area contributed by atoms with Crippen LogP contribution in [0.2, 0.25) is 0 Å². The van der Waals surface area contributed by atoms with Gasteiger partial charge in [0.25, 0.3) is 0 Å². The Bertz CT molecular complexity index is 966. The highest BCUT2D eigenvalue weighted by Gasteiger charge is 2.23. The van der Waals surface area contributed by atoms with Gasteiger partial charge in [-0.3, -0.25) is 0 Å². The zero-order chi connectivity index (χ0) is 17.2. The van der Waals surface area contributed by atoms with Crippen LogP contribution in [0.3, 0.4) is 0 Å². The molecule has 4 rings (SSSR count). The number of benzene rings is 3. The summed E-state index contributed by atoms with van der Waals surface area (Å²) in [6.07, 6.45) is 2.16. The molecule has 4 heteroatoms. The molecule has 0 radical (unpaired) electrons. The molecule has 1 unspecified atom stereocenters. The Morgan fingerprint density at radius 1 is 0.920 bits per heavy atom. The van der Waals surface area contributed by atoms with E-state index in [0.29, 0.717) is 5.11 Å². The van der Waals surface area contributed by atoms with Gasteiger partial charge in [-0.2, -0.15) is 0 Å². The van der Waals surface area contributed by atoms with Crippen molar-refractivity contribution in [2.24, 2.45) is 0 Å². The van der Waals surface area contributed by atoms with Crippen LogP contribution in [0, 0.1) is 0 Å². The first kappa shape index (κ1) is 15.7. The summed E-state index contributed by atoms with van der Waals surface area (Å²) in [7, 11) is 1.70. The quantitative estimate of drug-likeness (QED) is 0.688. The monoisotopic (exact) mass is 346 g/mol. The second kappa shape index (κ2) is 6.57. The Morgan fingerprint density at radius 2 is 1.68 bits per heavy atom. The number of nitrogens with one attached hydrogen (secondary N) is 2. The third-order valence-corrected chi connectivity index (χ3v) is 4.63. The molecule has 0 aliphatic carbocycles. The average molecular weight is 346 g/mol. The molecule has 0 fully saturated rings. The molecule has 0 saturated heterocycles. The molecule has 0 bridgehead atoms. The fraction of sp³-hybridized carbons (Fsp3) is 0.0952. The van der Waals surface area contributed by atoms with Crippen LogP contribution in [-0.4, -0.2) is 12.2 Å². The van der Waals surface area contributed by atoms with Gasteiger partial charge in [0.2, 0.25) is 0 Å². The topological polar surface area (TPSA) is 33.3 Å².